The van der Waals surface area contributed by atoms with Gasteiger partial charge in [-0.2, -0.15) is 5.10 Å². The summed E-state index contributed by atoms with van der Waals surface area (Å²) in [6.07, 6.45) is 10.9. The highest BCUT2D eigenvalue weighted by molar-refractivity contribution is 5.97. The molecule has 1 N–H and O–H groups in total. The van der Waals surface area contributed by atoms with Crippen molar-refractivity contribution in [1.82, 2.24) is 10.4 Å². The molecule has 2 rings (SSSR count). The first-order valence-corrected chi connectivity index (χ1v) is 8.03. The second-order valence-electron chi connectivity index (χ2n) is 6.69. The van der Waals surface area contributed by atoms with Crippen molar-refractivity contribution >= 4 is 11.6 Å². The Morgan fingerprint density at radius 2 is 2.04 bits per heavy atom. The lowest BCUT2D eigenvalue weighted by molar-refractivity contribution is 0.0954. The Morgan fingerprint density at radius 3 is 2.70 bits per heavy atom. The zero-order valence-corrected chi connectivity index (χ0v) is 14.4. The summed E-state index contributed by atoms with van der Waals surface area (Å²) < 4.78 is 0. The Hall–Kier alpha value is -2.23. The third-order valence-electron chi connectivity index (χ3n) is 4.31. The van der Waals surface area contributed by atoms with Gasteiger partial charge in [-0.05, 0) is 62.3 Å². The fraction of sp³-hybridized carbons (Fsp3) is 0.421. The number of allylic oxidation sites excluding steroid dienone is 4. The van der Waals surface area contributed by atoms with Gasteiger partial charge >= 0.3 is 0 Å². The van der Waals surface area contributed by atoms with Crippen LogP contribution >= 0.6 is 0 Å². The van der Waals surface area contributed by atoms with Crippen LogP contribution in [0.3, 0.4) is 0 Å². The molecule has 0 bridgehead atoms. The molecule has 1 aromatic heterocycles. The Bertz CT molecular complexity index is 654. The number of amides is 1. The molecule has 1 amide bonds. The topological polar surface area (TPSA) is 54.4 Å². The van der Waals surface area contributed by atoms with Gasteiger partial charge in [-0.3, -0.25) is 9.78 Å². The summed E-state index contributed by atoms with van der Waals surface area (Å²) >= 11 is 0. The molecule has 1 aromatic rings. The smallest absolute Gasteiger partial charge is 0.267 e. The van der Waals surface area contributed by atoms with Crippen molar-refractivity contribution in [2.24, 2.45) is 10.5 Å². The maximum absolute atomic E-state index is 11.9. The highest BCUT2D eigenvalue weighted by atomic mass is 16.2. The fourth-order valence-electron chi connectivity index (χ4n) is 2.96. The van der Waals surface area contributed by atoms with Gasteiger partial charge < -0.3 is 0 Å². The van der Waals surface area contributed by atoms with Crippen LogP contribution in [0.2, 0.25) is 0 Å². The van der Waals surface area contributed by atoms with Gasteiger partial charge in [-0.15, -0.1) is 0 Å². The van der Waals surface area contributed by atoms with Crippen LogP contribution in [0.1, 0.15) is 57.3 Å². The molecular weight excluding hydrogens is 286 g/mol. The average Bonchev–Trinajstić information content (AvgIpc) is 2.52. The third-order valence-corrected chi connectivity index (χ3v) is 4.31. The molecule has 0 atom stereocenters. The molecular formula is C19H25N3O. The summed E-state index contributed by atoms with van der Waals surface area (Å²) in [4.78, 5) is 15.8. The summed E-state index contributed by atoms with van der Waals surface area (Å²) in [5.74, 6) is -0.228. The van der Waals surface area contributed by atoms with E-state index in [4.69, 9.17) is 0 Å². The molecule has 0 fully saturated rings. The number of carbonyl (C=O) groups excluding carboxylic acids is 1. The van der Waals surface area contributed by atoms with Gasteiger partial charge in [0.05, 0.1) is 5.71 Å². The summed E-state index contributed by atoms with van der Waals surface area (Å²) in [7, 11) is 0. The largest absolute Gasteiger partial charge is 0.271 e. The SMILES string of the molecule is CC1=C(/C=C/C(C)=N\NC(=O)c2ccncc2)C(C)(C)CCC1. The molecule has 0 saturated carbocycles. The van der Waals surface area contributed by atoms with Gasteiger partial charge in [0, 0.05) is 18.0 Å². The lowest BCUT2D eigenvalue weighted by Gasteiger charge is -2.32. The number of hydrogen-bond acceptors (Lipinski definition) is 3. The number of nitrogens with one attached hydrogen (secondary N) is 1. The minimum Gasteiger partial charge on any atom is -0.267 e. The molecule has 0 aliphatic heterocycles. The van der Waals surface area contributed by atoms with E-state index < -0.39 is 0 Å². The normalized spacial score (nSPS) is 18.3. The molecule has 0 saturated heterocycles. The summed E-state index contributed by atoms with van der Waals surface area (Å²) in [5, 5.41) is 4.14. The standard InChI is InChI=1S/C19H25N3O/c1-14-6-5-11-19(3,4)17(14)8-7-15(2)21-22-18(23)16-9-12-20-13-10-16/h7-10,12-13H,5-6,11H2,1-4H3,(H,22,23)/b8-7+,21-15-. The van der Waals surface area contributed by atoms with Crippen LogP contribution < -0.4 is 5.43 Å². The van der Waals surface area contributed by atoms with Crippen LogP contribution in [0.4, 0.5) is 0 Å². The van der Waals surface area contributed by atoms with E-state index in [1.165, 1.54) is 24.0 Å². The lowest BCUT2D eigenvalue weighted by Crippen LogP contribution is -2.20. The van der Waals surface area contributed by atoms with E-state index in [0.717, 1.165) is 12.1 Å². The van der Waals surface area contributed by atoms with E-state index in [0.29, 0.717) is 5.56 Å². The maximum Gasteiger partial charge on any atom is 0.271 e. The van der Waals surface area contributed by atoms with Gasteiger partial charge in [0.15, 0.2) is 0 Å². The van der Waals surface area contributed by atoms with Crippen LogP contribution in [0.15, 0.2) is 52.9 Å². The third kappa shape index (κ3) is 4.62. The zero-order chi connectivity index (χ0) is 16.9. The number of hydrazone groups is 1. The van der Waals surface area contributed by atoms with Crippen LogP contribution in [-0.4, -0.2) is 16.6 Å². The first-order chi connectivity index (χ1) is 10.9. The van der Waals surface area contributed by atoms with Gasteiger partial charge in [0.1, 0.15) is 0 Å². The molecule has 1 heterocycles. The Labute approximate surface area is 138 Å². The van der Waals surface area contributed by atoms with Crippen molar-refractivity contribution in [1.29, 1.82) is 0 Å². The molecule has 23 heavy (non-hydrogen) atoms. The summed E-state index contributed by atoms with van der Waals surface area (Å²) in [5.41, 5.74) is 6.94. The predicted octanol–water partition coefficient (Wildman–Crippen LogP) is 4.27. The van der Waals surface area contributed by atoms with Gasteiger partial charge in [-0.1, -0.05) is 25.5 Å². The predicted molar refractivity (Wildman–Crippen MR) is 94.3 cm³/mol. The molecule has 122 valence electrons. The number of pyridine rings is 1. The van der Waals surface area contributed by atoms with E-state index >= 15 is 0 Å². The highest BCUT2D eigenvalue weighted by Gasteiger charge is 2.26. The first-order valence-electron chi connectivity index (χ1n) is 8.03. The van der Waals surface area contributed by atoms with Crippen molar-refractivity contribution in [2.75, 3.05) is 0 Å². The van der Waals surface area contributed by atoms with Crippen LogP contribution in [0.5, 0.6) is 0 Å². The van der Waals surface area contributed by atoms with E-state index in [1.807, 2.05) is 13.0 Å². The fourth-order valence-corrected chi connectivity index (χ4v) is 2.96. The van der Waals surface area contributed by atoms with E-state index in [9.17, 15) is 4.79 Å². The second kappa shape index (κ2) is 7.36. The zero-order valence-electron chi connectivity index (χ0n) is 14.4. The van der Waals surface area contributed by atoms with Crippen LogP contribution in [0, 0.1) is 5.41 Å². The lowest BCUT2D eigenvalue weighted by atomic mass is 9.72. The monoisotopic (exact) mass is 311 g/mol. The molecule has 1 aliphatic rings. The second-order valence-corrected chi connectivity index (χ2v) is 6.69. The first kappa shape index (κ1) is 17.1. The van der Waals surface area contributed by atoms with Crippen molar-refractivity contribution in [3.63, 3.8) is 0 Å². The van der Waals surface area contributed by atoms with Crippen LogP contribution in [0.25, 0.3) is 0 Å². The van der Waals surface area contributed by atoms with Crippen molar-refractivity contribution < 1.29 is 4.79 Å². The highest BCUT2D eigenvalue weighted by Crippen LogP contribution is 2.40. The minimum atomic E-state index is -0.228. The minimum absolute atomic E-state index is 0.208. The Morgan fingerprint density at radius 1 is 1.35 bits per heavy atom. The molecule has 0 unspecified atom stereocenters. The molecule has 1 aliphatic carbocycles. The van der Waals surface area contributed by atoms with E-state index in [2.05, 4.69) is 42.4 Å². The van der Waals surface area contributed by atoms with Crippen molar-refractivity contribution in [2.45, 2.75) is 47.0 Å². The Kier molecular flexibility index (Phi) is 5.48. The number of aromatic nitrogens is 1. The van der Waals surface area contributed by atoms with Gasteiger partial charge in [-0.25, -0.2) is 5.43 Å². The molecule has 0 radical (unpaired) electrons. The Balaban J connectivity index is 2.03. The van der Waals surface area contributed by atoms with Gasteiger partial charge in [0.25, 0.3) is 5.91 Å². The van der Waals surface area contributed by atoms with Gasteiger partial charge in [0.2, 0.25) is 0 Å². The summed E-state index contributed by atoms with van der Waals surface area (Å²) in [6.45, 7) is 8.66. The number of hydrogen-bond donors (Lipinski definition) is 1. The van der Waals surface area contributed by atoms with E-state index in [-0.39, 0.29) is 11.3 Å². The maximum atomic E-state index is 11.9. The van der Waals surface area contributed by atoms with Crippen LogP contribution in [-0.2, 0) is 0 Å². The van der Waals surface area contributed by atoms with Crippen molar-refractivity contribution in [3.8, 4) is 0 Å². The van der Waals surface area contributed by atoms with E-state index in [1.54, 1.807) is 24.5 Å². The average molecular weight is 311 g/mol. The summed E-state index contributed by atoms with van der Waals surface area (Å²) in [6, 6.07) is 3.32. The number of rotatable bonds is 4. The molecule has 0 aromatic carbocycles. The number of nitrogens with zero attached hydrogens (tertiary/aromatic N) is 2. The van der Waals surface area contributed by atoms with Crippen molar-refractivity contribution in [3.05, 3.63) is 53.4 Å². The molecule has 4 nitrogen and oxygen atoms in total. The number of carbonyl (C=O) groups is 1. The molecule has 0 spiro atoms. The molecule has 4 heteroatoms. The quantitative estimate of drug-likeness (QED) is 0.667.